The number of hydrogen-bond donors (Lipinski definition) is 2. The number of nitrogens with one attached hydrogen (secondary N) is 1. The van der Waals surface area contributed by atoms with Crippen LogP contribution in [0, 0.1) is 0 Å². The second-order valence-electron chi connectivity index (χ2n) is 4.14. The molecular formula is C14H16ClN3O. The zero-order chi connectivity index (χ0) is 13.7. The molecule has 0 amide bonds. The first-order valence-electron chi connectivity index (χ1n) is 5.94. The molecule has 4 nitrogen and oxygen atoms in total. The molecule has 1 heterocycles. The minimum absolute atomic E-state index is 0.0893. The van der Waals surface area contributed by atoms with E-state index in [1.165, 1.54) is 0 Å². The van der Waals surface area contributed by atoms with Crippen LogP contribution in [0.1, 0.15) is 17.3 Å². The van der Waals surface area contributed by atoms with Crippen molar-refractivity contribution in [3.05, 3.63) is 58.9 Å². The molecule has 1 aromatic carbocycles. The number of benzene rings is 1. The van der Waals surface area contributed by atoms with E-state index >= 15 is 0 Å². The monoisotopic (exact) mass is 277 g/mol. The second-order valence-corrected chi connectivity index (χ2v) is 4.57. The van der Waals surface area contributed by atoms with Gasteiger partial charge in [0, 0.05) is 6.20 Å². The van der Waals surface area contributed by atoms with Crippen molar-refractivity contribution < 1.29 is 4.74 Å². The van der Waals surface area contributed by atoms with Gasteiger partial charge in [-0.15, -0.1) is 0 Å². The molecule has 0 spiro atoms. The van der Waals surface area contributed by atoms with Gasteiger partial charge in [-0.25, -0.2) is 0 Å². The van der Waals surface area contributed by atoms with Crippen molar-refractivity contribution >= 4 is 11.6 Å². The fourth-order valence-corrected chi connectivity index (χ4v) is 2.05. The molecule has 0 fully saturated rings. The zero-order valence-corrected chi connectivity index (χ0v) is 11.4. The van der Waals surface area contributed by atoms with Crippen molar-refractivity contribution in [1.82, 2.24) is 10.4 Å². The average Bonchev–Trinajstić information content (AvgIpc) is 2.46. The number of ether oxygens (including phenoxy) is 1. The number of para-hydroxylation sites is 1. The molecule has 3 N–H and O–H groups in total. The largest absolute Gasteiger partial charge is 0.496 e. The molecular weight excluding hydrogens is 262 g/mol. The number of methoxy groups -OCH3 is 1. The van der Waals surface area contributed by atoms with Gasteiger partial charge in [-0.3, -0.25) is 16.3 Å². The van der Waals surface area contributed by atoms with Crippen LogP contribution in [0.25, 0.3) is 0 Å². The van der Waals surface area contributed by atoms with E-state index in [2.05, 4.69) is 10.4 Å². The summed E-state index contributed by atoms with van der Waals surface area (Å²) in [5.41, 5.74) is 4.70. The zero-order valence-electron chi connectivity index (χ0n) is 10.6. The molecule has 0 bridgehead atoms. The maximum absolute atomic E-state index is 5.83. The number of hydrogen-bond acceptors (Lipinski definition) is 4. The first-order chi connectivity index (χ1) is 9.24. The van der Waals surface area contributed by atoms with Crippen molar-refractivity contribution in [2.45, 2.75) is 12.5 Å². The summed E-state index contributed by atoms with van der Waals surface area (Å²) < 4.78 is 5.34. The van der Waals surface area contributed by atoms with Crippen LogP contribution in [0.3, 0.4) is 0 Å². The normalized spacial score (nSPS) is 12.2. The summed E-state index contributed by atoms with van der Waals surface area (Å²) in [7, 11) is 1.66. The maximum atomic E-state index is 5.83. The Morgan fingerprint density at radius 1 is 1.32 bits per heavy atom. The molecule has 1 atom stereocenters. The molecule has 5 heteroatoms. The molecule has 19 heavy (non-hydrogen) atoms. The highest BCUT2D eigenvalue weighted by Crippen LogP contribution is 2.24. The van der Waals surface area contributed by atoms with E-state index in [-0.39, 0.29) is 6.04 Å². The van der Waals surface area contributed by atoms with Crippen LogP contribution >= 0.6 is 11.6 Å². The number of rotatable bonds is 5. The van der Waals surface area contributed by atoms with Gasteiger partial charge >= 0.3 is 0 Å². The van der Waals surface area contributed by atoms with Gasteiger partial charge in [0.25, 0.3) is 0 Å². The highest BCUT2D eigenvalue weighted by Gasteiger charge is 2.14. The van der Waals surface area contributed by atoms with Gasteiger partial charge in [-0.2, -0.15) is 0 Å². The third-order valence-corrected chi connectivity index (χ3v) is 3.15. The maximum Gasteiger partial charge on any atom is 0.122 e. The topological polar surface area (TPSA) is 60.2 Å². The smallest absolute Gasteiger partial charge is 0.122 e. The number of aromatic nitrogens is 1. The molecule has 0 saturated carbocycles. The predicted molar refractivity (Wildman–Crippen MR) is 76.0 cm³/mol. The Kier molecular flexibility index (Phi) is 4.74. The minimum Gasteiger partial charge on any atom is -0.496 e. The summed E-state index contributed by atoms with van der Waals surface area (Å²) in [4.78, 5) is 4.29. The molecule has 1 aromatic heterocycles. The molecule has 2 rings (SSSR count). The summed E-state index contributed by atoms with van der Waals surface area (Å²) in [6, 6.07) is 11.4. The van der Waals surface area contributed by atoms with E-state index < -0.39 is 0 Å². The third-order valence-electron chi connectivity index (χ3n) is 2.93. The SMILES string of the molecule is COc1ccccc1CC(NN)c1ccc(Cl)cn1. The average molecular weight is 278 g/mol. The Hall–Kier alpha value is -1.62. The van der Waals surface area contributed by atoms with Crippen molar-refractivity contribution in [2.75, 3.05) is 7.11 Å². The van der Waals surface area contributed by atoms with Gasteiger partial charge in [0.2, 0.25) is 0 Å². The van der Waals surface area contributed by atoms with Crippen LogP contribution < -0.4 is 16.0 Å². The second kappa shape index (κ2) is 6.52. The third kappa shape index (κ3) is 3.44. The lowest BCUT2D eigenvalue weighted by Gasteiger charge is -2.17. The van der Waals surface area contributed by atoms with Crippen LogP contribution in [0.5, 0.6) is 5.75 Å². The van der Waals surface area contributed by atoms with Crippen LogP contribution in [0.4, 0.5) is 0 Å². The highest BCUT2D eigenvalue weighted by atomic mass is 35.5. The molecule has 0 radical (unpaired) electrons. The minimum atomic E-state index is -0.0893. The van der Waals surface area contributed by atoms with Gasteiger partial charge < -0.3 is 4.74 Å². The van der Waals surface area contributed by atoms with Gasteiger partial charge in [-0.05, 0) is 30.2 Å². The van der Waals surface area contributed by atoms with Crippen LogP contribution in [-0.4, -0.2) is 12.1 Å². The molecule has 0 saturated heterocycles. The summed E-state index contributed by atoms with van der Waals surface area (Å²) >= 11 is 5.83. The Labute approximate surface area is 117 Å². The van der Waals surface area contributed by atoms with E-state index in [1.807, 2.05) is 30.3 Å². The van der Waals surface area contributed by atoms with E-state index in [4.69, 9.17) is 22.2 Å². The van der Waals surface area contributed by atoms with Gasteiger partial charge in [0.05, 0.1) is 23.9 Å². The fourth-order valence-electron chi connectivity index (χ4n) is 1.93. The predicted octanol–water partition coefficient (Wildman–Crippen LogP) is 2.49. The number of pyridine rings is 1. The van der Waals surface area contributed by atoms with Crippen molar-refractivity contribution in [3.8, 4) is 5.75 Å². The number of nitrogens with zero attached hydrogens (tertiary/aromatic N) is 1. The summed E-state index contributed by atoms with van der Waals surface area (Å²) in [5, 5.41) is 0.608. The first kappa shape index (κ1) is 13.8. The summed E-state index contributed by atoms with van der Waals surface area (Å²) in [6.07, 6.45) is 2.30. The first-order valence-corrected chi connectivity index (χ1v) is 6.32. The molecule has 1 unspecified atom stereocenters. The van der Waals surface area contributed by atoms with Crippen LogP contribution in [0.15, 0.2) is 42.6 Å². The van der Waals surface area contributed by atoms with E-state index in [0.717, 1.165) is 17.0 Å². The summed E-state index contributed by atoms with van der Waals surface area (Å²) in [6.45, 7) is 0. The van der Waals surface area contributed by atoms with Crippen molar-refractivity contribution in [3.63, 3.8) is 0 Å². The number of hydrazine groups is 1. The Morgan fingerprint density at radius 3 is 2.74 bits per heavy atom. The van der Waals surface area contributed by atoms with Gasteiger partial charge in [0.15, 0.2) is 0 Å². The fraction of sp³-hybridized carbons (Fsp3) is 0.214. The Balaban J connectivity index is 2.21. The van der Waals surface area contributed by atoms with E-state index in [9.17, 15) is 0 Å². The highest BCUT2D eigenvalue weighted by molar-refractivity contribution is 6.30. The molecule has 0 aliphatic heterocycles. The molecule has 0 aliphatic rings. The van der Waals surface area contributed by atoms with E-state index in [1.54, 1.807) is 19.4 Å². The lowest BCUT2D eigenvalue weighted by Crippen LogP contribution is -2.30. The lowest BCUT2D eigenvalue weighted by atomic mass is 10.0. The molecule has 0 aliphatic carbocycles. The standard InChI is InChI=1S/C14H16ClN3O/c1-19-14-5-3-2-4-10(14)8-13(18-16)12-7-6-11(15)9-17-12/h2-7,9,13,18H,8,16H2,1H3. The molecule has 2 aromatic rings. The Morgan fingerprint density at radius 2 is 2.11 bits per heavy atom. The lowest BCUT2D eigenvalue weighted by molar-refractivity contribution is 0.405. The Bertz CT molecular complexity index is 530. The number of halogens is 1. The van der Waals surface area contributed by atoms with Crippen molar-refractivity contribution in [1.29, 1.82) is 0 Å². The van der Waals surface area contributed by atoms with Gasteiger partial charge in [-0.1, -0.05) is 29.8 Å². The van der Waals surface area contributed by atoms with E-state index in [0.29, 0.717) is 11.4 Å². The van der Waals surface area contributed by atoms with Gasteiger partial charge in [0.1, 0.15) is 5.75 Å². The summed E-state index contributed by atoms with van der Waals surface area (Å²) in [5.74, 6) is 6.46. The number of nitrogens with two attached hydrogens (primary N) is 1. The van der Waals surface area contributed by atoms with Crippen LogP contribution in [0.2, 0.25) is 5.02 Å². The molecule has 100 valence electrons. The quantitative estimate of drug-likeness (QED) is 0.651. The van der Waals surface area contributed by atoms with Crippen molar-refractivity contribution in [2.24, 2.45) is 5.84 Å². The van der Waals surface area contributed by atoms with Crippen LogP contribution in [-0.2, 0) is 6.42 Å².